The van der Waals surface area contributed by atoms with Gasteiger partial charge in [0, 0.05) is 77.6 Å². The Hall–Kier alpha value is -2.71. The van der Waals surface area contributed by atoms with Crippen LogP contribution in [-0.4, -0.2) is 43.8 Å². The highest BCUT2D eigenvalue weighted by Gasteiger charge is 2.06. The fourth-order valence-electron chi connectivity index (χ4n) is 5.43. The Kier molecular flexibility index (Phi) is 17.7. The van der Waals surface area contributed by atoms with E-state index in [-0.39, 0.29) is 0 Å². The first kappa shape index (κ1) is 34.8. The molecule has 0 fully saturated rings. The second-order valence-electron chi connectivity index (χ2n) is 12.1. The highest BCUT2D eigenvalue weighted by atomic mass is 16.5. The van der Waals surface area contributed by atoms with E-state index in [0.717, 1.165) is 67.5 Å². The van der Waals surface area contributed by atoms with Gasteiger partial charge in [-0.05, 0) is 6.42 Å². The van der Waals surface area contributed by atoms with Crippen molar-refractivity contribution in [3.8, 4) is 5.75 Å². The van der Waals surface area contributed by atoms with Crippen LogP contribution in [0.15, 0.2) is 37.2 Å². The van der Waals surface area contributed by atoms with Crippen molar-refractivity contribution in [3.63, 3.8) is 0 Å². The molecule has 3 heterocycles. The topological polar surface area (TPSA) is 81.8 Å². The van der Waals surface area contributed by atoms with E-state index >= 15 is 0 Å². The van der Waals surface area contributed by atoms with Gasteiger partial charge in [-0.2, -0.15) is 0 Å². The summed E-state index contributed by atoms with van der Waals surface area (Å²) in [5.41, 5.74) is 4.24. The second kappa shape index (κ2) is 21.9. The van der Waals surface area contributed by atoms with Crippen molar-refractivity contribution >= 4 is 0 Å². The molecule has 8 heteroatoms. The zero-order valence-electron chi connectivity index (χ0n) is 27.5. The number of hydrogen-bond donors (Lipinski definition) is 2. The van der Waals surface area contributed by atoms with Crippen LogP contribution in [0.5, 0.6) is 5.75 Å². The summed E-state index contributed by atoms with van der Waals surface area (Å²) in [5, 5.41) is 7.06. The summed E-state index contributed by atoms with van der Waals surface area (Å²) in [4.78, 5) is 13.7. The zero-order chi connectivity index (χ0) is 30.4. The van der Waals surface area contributed by atoms with Crippen molar-refractivity contribution in [2.24, 2.45) is 14.1 Å². The molecule has 0 spiro atoms. The summed E-state index contributed by atoms with van der Waals surface area (Å²) < 4.78 is 10.2. The van der Waals surface area contributed by atoms with Gasteiger partial charge in [0.1, 0.15) is 5.75 Å². The fraction of sp³-hybridized carbons (Fsp3) is 0.686. The molecule has 0 aromatic carbocycles. The fourth-order valence-corrected chi connectivity index (χ4v) is 5.43. The van der Waals surface area contributed by atoms with Crippen LogP contribution in [0.4, 0.5) is 0 Å². The monoisotopic (exact) mass is 593 g/mol. The Morgan fingerprint density at radius 3 is 1.47 bits per heavy atom. The van der Waals surface area contributed by atoms with E-state index in [2.05, 4.69) is 52.1 Å². The molecular weight excluding hydrogens is 534 g/mol. The summed E-state index contributed by atoms with van der Waals surface area (Å²) >= 11 is 0. The molecule has 3 aromatic heterocycles. The average molecular weight is 594 g/mol. The number of aromatic nitrogens is 5. The van der Waals surface area contributed by atoms with Gasteiger partial charge >= 0.3 is 0 Å². The highest BCUT2D eigenvalue weighted by Crippen LogP contribution is 2.17. The Morgan fingerprint density at radius 1 is 0.605 bits per heavy atom. The van der Waals surface area contributed by atoms with Gasteiger partial charge in [0.2, 0.25) is 0 Å². The van der Waals surface area contributed by atoms with Crippen LogP contribution in [0, 0.1) is 0 Å². The lowest BCUT2D eigenvalue weighted by Crippen LogP contribution is -2.20. The lowest BCUT2D eigenvalue weighted by atomic mass is 10.0. The molecule has 0 atom stereocenters. The van der Waals surface area contributed by atoms with Gasteiger partial charge in [0.05, 0.1) is 42.0 Å². The molecule has 240 valence electrons. The first-order valence-electron chi connectivity index (χ1n) is 17.1. The van der Waals surface area contributed by atoms with Crippen LogP contribution >= 0.6 is 0 Å². The van der Waals surface area contributed by atoms with Crippen molar-refractivity contribution in [3.05, 3.63) is 60.0 Å². The van der Waals surface area contributed by atoms with E-state index in [0.29, 0.717) is 13.1 Å². The first-order valence-corrected chi connectivity index (χ1v) is 17.1. The molecule has 3 rings (SSSR count). The van der Waals surface area contributed by atoms with E-state index in [9.17, 15) is 0 Å². The third-order valence-electron chi connectivity index (χ3n) is 7.92. The second-order valence-corrected chi connectivity index (χ2v) is 12.1. The molecule has 43 heavy (non-hydrogen) atoms. The van der Waals surface area contributed by atoms with Gasteiger partial charge in [0.25, 0.3) is 0 Å². The smallest absolute Gasteiger partial charge is 0.123 e. The number of imidazole rings is 2. The molecule has 0 saturated carbocycles. The van der Waals surface area contributed by atoms with Crippen molar-refractivity contribution < 1.29 is 4.74 Å². The minimum absolute atomic E-state index is 0.712. The van der Waals surface area contributed by atoms with E-state index in [1.807, 2.05) is 35.9 Å². The van der Waals surface area contributed by atoms with E-state index in [4.69, 9.17) is 9.72 Å². The van der Waals surface area contributed by atoms with Crippen molar-refractivity contribution in [2.75, 3.05) is 19.7 Å². The number of unbranched alkanes of at least 4 members (excludes halogenated alkanes) is 13. The van der Waals surface area contributed by atoms with Gasteiger partial charge in [-0.3, -0.25) is 4.98 Å². The lowest BCUT2D eigenvalue weighted by Gasteiger charge is -2.12. The maximum atomic E-state index is 6.23. The van der Waals surface area contributed by atoms with Crippen molar-refractivity contribution in [1.29, 1.82) is 0 Å². The molecule has 3 aromatic rings. The van der Waals surface area contributed by atoms with E-state index in [1.54, 1.807) is 0 Å². The molecule has 0 amide bonds. The molecule has 8 nitrogen and oxygen atoms in total. The Morgan fingerprint density at radius 2 is 1.05 bits per heavy atom. The van der Waals surface area contributed by atoms with Crippen molar-refractivity contribution in [2.45, 2.75) is 123 Å². The summed E-state index contributed by atoms with van der Waals surface area (Å²) in [5.74, 6) is 0.924. The summed E-state index contributed by atoms with van der Waals surface area (Å²) in [6, 6.07) is 4.18. The predicted octanol–water partition coefficient (Wildman–Crippen LogP) is 7.07. The number of nitrogens with one attached hydrogen (secondary N) is 2. The number of aryl methyl sites for hydroxylation is 2. The van der Waals surface area contributed by atoms with E-state index in [1.165, 1.54) is 83.5 Å². The third kappa shape index (κ3) is 16.1. The number of hydrogen-bond acceptors (Lipinski definition) is 6. The summed E-state index contributed by atoms with van der Waals surface area (Å²) in [7, 11) is 4.01. The molecule has 0 aliphatic rings. The van der Waals surface area contributed by atoms with Gasteiger partial charge in [-0.15, -0.1) is 0 Å². The molecule has 0 aliphatic heterocycles. The Bertz CT molecular complexity index is 1040. The van der Waals surface area contributed by atoms with Gasteiger partial charge in [-0.25, -0.2) is 9.97 Å². The number of ether oxygens (including phenoxy) is 1. The van der Waals surface area contributed by atoms with Gasteiger partial charge in [0.15, 0.2) is 0 Å². The Balaban J connectivity index is 1.32. The van der Waals surface area contributed by atoms with Crippen LogP contribution in [0.1, 0.15) is 120 Å². The number of nitrogens with zero attached hydrogens (tertiary/aromatic N) is 5. The summed E-state index contributed by atoms with van der Waals surface area (Å²) in [6.07, 6.45) is 28.8. The lowest BCUT2D eigenvalue weighted by molar-refractivity contribution is 0.303. The van der Waals surface area contributed by atoms with Crippen LogP contribution in [0.25, 0.3) is 0 Å². The molecule has 0 saturated heterocycles. The maximum Gasteiger partial charge on any atom is 0.123 e. The first-order chi connectivity index (χ1) is 21.1. The maximum absolute atomic E-state index is 6.23. The minimum Gasteiger partial charge on any atom is -0.493 e. The molecule has 0 unspecified atom stereocenters. The Labute approximate surface area is 261 Å². The SMILES string of the molecule is CCCCCCCCCCCCCCCCOc1cc(CNCCc2cn(C)cn2)nc(CNCCc2cn(C)cn2)c1. The molecule has 2 N–H and O–H groups in total. The normalized spacial score (nSPS) is 11.4. The largest absolute Gasteiger partial charge is 0.493 e. The quantitative estimate of drug-likeness (QED) is 0.0969. The number of rotatable bonds is 26. The van der Waals surface area contributed by atoms with Crippen LogP contribution in [-0.2, 0) is 40.0 Å². The van der Waals surface area contributed by atoms with Gasteiger partial charge in [-0.1, -0.05) is 90.4 Å². The predicted molar refractivity (Wildman–Crippen MR) is 177 cm³/mol. The minimum atomic E-state index is 0.712. The van der Waals surface area contributed by atoms with Crippen LogP contribution in [0.2, 0.25) is 0 Å². The molecule has 0 radical (unpaired) electrons. The number of pyridine rings is 1. The van der Waals surface area contributed by atoms with E-state index < -0.39 is 0 Å². The van der Waals surface area contributed by atoms with Crippen molar-refractivity contribution in [1.82, 2.24) is 34.7 Å². The molecule has 0 aliphatic carbocycles. The van der Waals surface area contributed by atoms with Crippen LogP contribution < -0.4 is 15.4 Å². The average Bonchev–Trinajstić information content (AvgIpc) is 3.62. The zero-order valence-corrected chi connectivity index (χ0v) is 27.5. The standard InChI is InChI=1S/C35H59N7O/c1-4-5-6-7-8-9-10-11-12-13-14-15-16-17-22-43-35-23-33(25-36-20-18-31-27-41(2)29-38-31)40-34(24-35)26-37-21-19-32-28-42(3)30-39-32/h23-24,27-30,36-37H,4-22,25-26H2,1-3H3. The molecular formula is C35H59N7O. The van der Waals surface area contributed by atoms with Gasteiger partial charge < -0.3 is 24.5 Å². The highest BCUT2D eigenvalue weighted by molar-refractivity contribution is 5.27. The molecule has 0 bridgehead atoms. The van der Waals surface area contributed by atoms with Crippen LogP contribution in [0.3, 0.4) is 0 Å². The third-order valence-corrected chi connectivity index (χ3v) is 7.92. The summed E-state index contributed by atoms with van der Waals surface area (Å²) in [6.45, 7) is 6.20.